The lowest BCUT2D eigenvalue weighted by atomic mass is 9.74. The molecule has 0 spiro atoms. The van der Waals surface area contributed by atoms with Gasteiger partial charge in [0.15, 0.2) is 28.9 Å². The van der Waals surface area contributed by atoms with Gasteiger partial charge >= 0.3 is 0 Å². The van der Waals surface area contributed by atoms with Crippen molar-refractivity contribution in [2.45, 2.75) is 31.7 Å². The molecule has 2 N–H and O–H groups in total. The van der Waals surface area contributed by atoms with Crippen molar-refractivity contribution in [3.8, 4) is 11.5 Å². The van der Waals surface area contributed by atoms with Crippen LogP contribution in [0.25, 0.3) is 5.65 Å². The van der Waals surface area contributed by atoms with Crippen LogP contribution in [-0.4, -0.2) is 53.7 Å². The Bertz CT molecular complexity index is 1110. The molecule has 0 amide bonds. The van der Waals surface area contributed by atoms with E-state index in [1.165, 1.54) is 5.56 Å². The maximum atomic E-state index is 5.68. The summed E-state index contributed by atoms with van der Waals surface area (Å²) in [6.45, 7) is 5.74. The summed E-state index contributed by atoms with van der Waals surface area (Å²) in [4.78, 5) is 4.77. The number of hydrogen-bond acceptors (Lipinski definition) is 6. The van der Waals surface area contributed by atoms with Gasteiger partial charge in [-0.15, -0.1) is 10.2 Å². The van der Waals surface area contributed by atoms with Gasteiger partial charge in [0, 0.05) is 37.9 Å². The third-order valence-corrected chi connectivity index (χ3v) is 6.14. The summed E-state index contributed by atoms with van der Waals surface area (Å²) in [5.41, 5.74) is 1.98. The standard InChI is InChI=1S/C23H28N6O3/c1-2-24-22(25-14-21-28-27-20-5-3-4-10-29(20)21)26-15-23(8-11-30-12-9-23)17-6-7-18-19(13-17)32-16-31-18/h3-7,10,13H,2,8-9,11-12,14-16H2,1H3,(H2,24,25,26). The first-order valence-electron chi connectivity index (χ1n) is 11.1. The van der Waals surface area contributed by atoms with Crippen LogP contribution in [0, 0.1) is 0 Å². The predicted molar refractivity (Wildman–Crippen MR) is 120 cm³/mol. The van der Waals surface area contributed by atoms with E-state index in [0.717, 1.165) is 68.1 Å². The lowest BCUT2D eigenvalue weighted by molar-refractivity contribution is 0.0513. The smallest absolute Gasteiger partial charge is 0.231 e. The van der Waals surface area contributed by atoms with E-state index >= 15 is 0 Å². The minimum Gasteiger partial charge on any atom is -0.454 e. The molecule has 1 aromatic carbocycles. The third-order valence-electron chi connectivity index (χ3n) is 6.14. The van der Waals surface area contributed by atoms with Gasteiger partial charge in [0.25, 0.3) is 0 Å². The SMILES string of the molecule is CCNC(=NCc1nnc2ccccn12)NCC1(c2ccc3c(c2)OCO3)CCOCC1. The molecule has 0 unspecified atom stereocenters. The molecule has 168 valence electrons. The molecule has 9 heteroatoms. The fraction of sp³-hybridized carbons (Fsp3) is 0.435. The number of benzene rings is 1. The Morgan fingerprint density at radius 3 is 2.84 bits per heavy atom. The van der Waals surface area contributed by atoms with E-state index in [0.29, 0.717) is 6.54 Å². The topological polar surface area (TPSA) is 94.3 Å². The zero-order chi connectivity index (χ0) is 21.8. The van der Waals surface area contributed by atoms with Crippen LogP contribution < -0.4 is 20.1 Å². The van der Waals surface area contributed by atoms with E-state index < -0.39 is 0 Å². The Morgan fingerprint density at radius 2 is 1.97 bits per heavy atom. The first kappa shape index (κ1) is 20.6. The normalized spacial score (nSPS) is 17.5. The van der Waals surface area contributed by atoms with E-state index in [-0.39, 0.29) is 12.2 Å². The first-order chi connectivity index (χ1) is 15.8. The number of guanidine groups is 1. The maximum absolute atomic E-state index is 5.68. The maximum Gasteiger partial charge on any atom is 0.231 e. The number of hydrogen-bond donors (Lipinski definition) is 2. The van der Waals surface area contributed by atoms with Crippen molar-refractivity contribution in [1.82, 2.24) is 25.2 Å². The number of ether oxygens (including phenoxy) is 3. The molecule has 2 aliphatic heterocycles. The lowest BCUT2D eigenvalue weighted by Crippen LogP contribution is -2.48. The second kappa shape index (κ2) is 9.04. The fourth-order valence-corrected chi connectivity index (χ4v) is 4.30. The number of pyridine rings is 1. The average molecular weight is 437 g/mol. The lowest BCUT2D eigenvalue weighted by Gasteiger charge is -2.38. The van der Waals surface area contributed by atoms with Gasteiger partial charge in [-0.1, -0.05) is 12.1 Å². The molecule has 2 aromatic heterocycles. The van der Waals surface area contributed by atoms with Crippen molar-refractivity contribution in [2.24, 2.45) is 4.99 Å². The molecule has 0 aliphatic carbocycles. The molecule has 0 radical (unpaired) electrons. The summed E-state index contributed by atoms with van der Waals surface area (Å²) in [5.74, 6) is 3.17. The van der Waals surface area contributed by atoms with E-state index in [2.05, 4.69) is 39.9 Å². The molecule has 0 atom stereocenters. The van der Waals surface area contributed by atoms with Gasteiger partial charge in [-0.05, 0) is 49.6 Å². The number of rotatable bonds is 6. The quantitative estimate of drug-likeness (QED) is 0.452. The number of fused-ring (bicyclic) bond motifs is 2. The molecule has 1 saturated heterocycles. The fourth-order valence-electron chi connectivity index (χ4n) is 4.30. The Hall–Kier alpha value is -3.33. The molecule has 0 saturated carbocycles. The van der Waals surface area contributed by atoms with E-state index in [9.17, 15) is 0 Å². The molecule has 1 fully saturated rings. The van der Waals surface area contributed by atoms with Gasteiger partial charge in [0.1, 0.15) is 6.54 Å². The predicted octanol–water partition coefficient (Wildman–Crippen LogP) is 2.26. The van der Waals surface area contributed by atoms with Crippen molar-refractivity contribution >= 4 is 11.6 Å². The highest BCUT2D eigenvalue weighted by atomic mass is 16.7. The third kappa shape index (κ3) is 4.08. The van der Waals surface area contributed by atoms with Crippen molar-refractivity contribution in [2.75, 3.05) is 33.1 Å². The second-order valence-corrected chi connectivity index (χ2v) is 8.05. The van der Waals surface area contributed by atoms with Crippen LogP contribution in [0.2, 0.25) is 0 Å². The van der Waals surface area contributed by atoms with E-state index in [4.69, 9.17) is 19.2 Å². The highest BCUT2D eigenvalue weighted by Crippen LogP contribution is 2.40. The Kier molecular flexibility index (Phi) is 5.81. The van der Waals surface area contributed by atoms with E-state index in [1.54, 1.807) is 0 Å². The van der Waals surface area contributed by atoms with Gasteiger partial charge in [0.2, 0.25) is 6.79 Å². The zero-order valence-corrected chi connectivity index (χ0v) is 18.2. The Morgan fingerprint density at radius 1 is 1.09 bits per heavy atom. The molecular weight excluding hydrogens is 408 g/mol. The van der Waals surface area contributed by atoms with E-state index in [1.807, 2.05) is 34.9 Å². The molecule has 4 heterocycles. The molecule has 32 heavy (non-hydrogen) atoms. The van der Waals surface area contributed by atoms with Crippen molar-refractivity contribution in [3.05, 3.63) is 54.0 Å². The molecule has 2 aliphatic rings. The average Bonchev–Trinajstić information content (AvgIpc) is 3.48. The molecule has 0 bridgehead atoms. The summed E-state index contributed by atoms with van der Waals surface area (Å²) in [6.07, 6.45) is 3.80. The molecule has 3 aromatic rings. The molecule has 5 rings (SSSR count). The highest BCUT2D eigenvalue weighted by Gasteiger charge is 2.36. The van der Waals surface area contributed by atoms with Gasteiger partial charge in [-0.3, -0.25) is 4.40 Å². The van der Waals surface area contributed by atoms with Crippen molar-refractivity contribution in [3.63, 3.8) is 0 Å². The molecule has 9 nitrogen and oxygen atoms in total. The van der Waals surface area contributed by atoms with Crippen LogP contribution in [0.5, 0.6) is 11.5 Å². The minimum absolute atomic E-state index is 0.0724. The van der Waals surface area contributed by atoms with Gasteiger partial charge in [0.05, 0.1) is 0 Å². The monoisotopic (exact) mass is 436 g/mol. The van der Waals surface area contributed by atoms with Gasteiger partial charge in [-0.25, -0.2) is 4.99 Å². The first-order valence-corrected chi connectivity index (χ1v) is 11.1. The van der Waals surface area contributed by atoms with Crippen LogP contribution in [-0.2, 0) is 16.7 Å². The summed E-state index contributed by atoms with van der Waals surface area (Å²) in [5, 5.41) is 15.4. The summed E-state index contributed by atoms with van der Waals surface area (Å²) < 4.78 is 18.8. The van der Waals surface area contributed by atoms with Gasteiger partial charge < -0.3 is 24.8 Å². The highest BCUT2D eigenvalue weighted by molar-refractivity contribution is 5.79. The Labute approximate surface area is 186 Å². The van der Waals surface area contributed by atoms with Crippen molar-refractivity contribution in [1.29, 1.82) is 0 Å². The zero-order valence-electron chi connectivity index (χ0n) is 18.2. The second-order valence-electron chi connectivity index (χ2n) is 8.05. The number of aliphatic imine (C=N–C) groups is 1. The summed E-state index contributed by atoms with van der Waals surface area (Å²) in [7, 11) is 0. The molecular formula is C23H28N6O3. The summed E-state index contributed by atoms with van der Waals surface area (Å²) in [6, 6.07) is 12.1. The Balaban J connectivity index is 1.35. The minimum atomic E-state index is -0.0724. The van der Waals surface area contributed by atoms with Crippen molar-refractivity contribution < 1.29 is 14.2 Å². The number of aromatic nitrogens is 3. The van der Waals surface area contributed by atoms with Crippen LogP contribution >= 0.6 is 0 Å². The van der Waals surface area contributed by atoms with Crippen LogP contribution in [0.1, 0.15) is 31.2 Å². The van der Waals surface area contributed by atoms with Crippen LogP contribution in [0.4, 0.5) is 0 Å². The summed E-state index contributed by atoms with van der Waals surface area (Å²) >= 11 is 0. The van der Waals surface area contributed by atoms with Crippen LogP contribution in [0.3, 0.4) is 0 Å². The van der Waals surface area contributed by atoms with Gasteiger partial charge in [-0.2, -0.15) is 0 Å². The number of nitrogens with zero attached hydrogens (tertiary/aromatic N) is 4. The largest absolute Gasteiger partial charge is 0.454 e. The van der Waals surface area contributed by atoms with Crippen LogP contribution in [0.15, 0.2) is 47.6 Å². The number of nitrogens with one attached hydrogen (secondary N) is 2.